The molecule has 0 heterocycles. The van der Waals surface area contributed by atoms with Crippen molar-refractivity contribution in [1.29, 1.82) is 0 Å². The summed E-state index contributed by atoms with van der Waals surface area (Å²) in [5.74, 6) is 2.29. The normalized spacial score (nSPS) is 29.6. The minimum atomic E-state index is -1.48. The summed E-state index contributed by atoms with van der Waals surface area (Å²) in [5, 5.41) is 11.5. The molecule has 178 valence electrons. The molecular weight excluding hydrogens is 488 g/mol. The molecule has 5 rings (SSSR count). The molecule has 3 aliphatic rings. The number of hydrogen-bond acceptors (Lipinski definition) is 3. The second-order valence-corrected chi connectivity index (χ2v) is 11.5. The minimum Gasteiger partial charge on any atom is -0.497 e. The lowest BCUT2D eigenvalue weighted by Crippen LogP contribution is -2.47. The fourth-order valence-electron chi connectivity index (χ4n) is 7.05. The van der Waals surface area contributed by atoms with Crippen molar-refractivity contribution in [1.82, 2.24) is 0 Å². The van der Waals surface area contributed by atoms with Crippen molar-refractivity contribution in [3.8, 4) is 5.75 Å². The first-order valence-corrected chi connectivity index (χ1v) is 13.1. The maximum atomic E-state index is 13.2. The van der Waals surface area contributed by atoms with Gasteiger partial charge in [0.05, 0.1) is 7.11 Å². The number of aliphatic hydroxyl groups is 1. The average Bonchev–Trinajstić information content (AvgIpc) is 3.21. The Morgan fingerprint density at radius 2 is 1.97 bits per heavy atom. The van der Waals surface area contributed by atoms with Gasteiger partial charge in [0.2, 0.25) is 0 Å². The molecule has 34 heavy (non-hydrogen) atoms. The van der Waals surface area contributed by atoms with E-state index in [-0.39, 0.29) is 11.2 Å². The third kappa shape index (κ3) is 3.89. The van der Waals surface area contributed by atoms with Gasteiger partial charge in [0, 0.05) is 4.47 Å². The molecule has 0 bridgehead atoms. The van der Waals surface area contributed by atoms with Gasteiger partial charge in [0.1, 0.15) is 11.4 Å². The number of ketones is 1. The monoisotopic (exact) mass is 520 g/mol. The van der Waals surface area contributed by atoms with Gasteiger partial charge in [-0.2, -0.15) is 0 Å². The molecule has 2 aromatic rings. The molecule has 0 radical (unpaired) electrons. The molecule has 0 aromatic heterocycles. The van der Waals surface area contributed by atoms with E-state index in [9.17, 15) is 9.90 Å². The summed E-state index contributed by atoms with van der Waals surface area (Å²) in [6.07, 6.45) is 10.8. The summed E-state index contributed by atoms with van der Waals surface area (Å²) >= 11 is 3.44. The van der Waals surface area contributed by atoms with Gasteiger partial charge < -0.3 is 9.84 Å². The van der Waals surface area contributed by atoms with Crippen molar-refractivity contribution in [2.45, 2.75) is 57.5 Å². The zero-order chi connectivity index (χ0) is 24.1. The van der Waals surface area contributed by atoms with Crippen molar-refractivity contribution in [3.63, 3.8) is 0 Å². The SMILES string of the molecule is COc1ccc2c(c1)CC[C@@H]1[C@@H]2CC[C@]2(C)C([C@@](C)(O)C(=O)/C=C/c3ccc(Br)cc3)=CC[C@@H]12. The highest BCUT2D eigenvalue weighted by Crippen LogP contribution is 2.62. The Labute approximate surface area is 211 Å². The fourth-order valence-corrected chi connectivity index (χ4v) is 7.31. The first kappa shape index (κ1) is 23.6. The topological polar surface area (TPSA) is 46.5 Å². The van der Waals surface area contributed by atoms with Crippen LogP contribution in [0.25, 0.3) is 6.08 Å². The van der Waals surface area contributed by atoms with Gasteiger partial charge in [-0.3, -0.25) is 4.79 Å². The van der Waals surface area contributed by atoms with Crippen molar-refractivity contribution in [3.05, 3.63) is 81.4 Å². The third-order valence-corrected chi connectivity index (χ3v) is 9.34. The Morgan fingerprint density at radius 3 is 2.71 bits per heavy atom. The average molecular weight is 521 g/mol. The maximum Gasteiger partial charge on any atom is 0.191 e. The molecule has 0 saturated heterocycles. The van der Waals surface area contributed by atoms with Crippen molar-refractivity contribution in [2.24, 2.45) is 17.3 Å². The van der Waals surface area contributed by atoms with Crippen LogP contribution in [0.3, 0.4) is 0 Å². The van der Waals surface area contributed by atoms with Crippen molar-refractivity contribution in [2.75, 3.05) is 7.11 Å². The van der Waals surface area contributed by atoms with E-state index >= 15 is 0 Å². The molecule has 3 nitrogen and oxygen atoms in total. The van der Waals surface area contributed by atoms with Crippen molar-refractivity contribution >= 4 is 27.8 Å². The van der Waals surface area contributed by atoms with E-state index < -0.39 is 5.60 Å². The molecule has 0 spiro atoms. The van der Waals surface area contributed by atoms with Crippen LogP contribution < -0.4 is 4.74 Å². The molecule has 1 N–H and O–H groups in total. The Bertz CT molecular complexity index is 1160. The molecule has 1 fully saturated rings. The quantitative estimate of drug-likeness (QED) is 0.345. The Balaban J connectivity index is 1.37. The van der Waals surface area contributed by atoms with Gasteiger partial charge in [-0.1, -0.05) is 53.2 Å². The smallest absolute Gasteiger partial charge is 0.191 e. The lowest BCUT2D eigenvalue weighted by Gasteiger charge is -2.51. The third-order valence-electron chi connectivity index (χ3n) is 8.82. The lowest BCUT2D eigenvalue weighted by atomic mass is 9.53. The maximum absolute atomic E-state index is 13.2. The number of aryl methyl sites for hydroxylation is 1. The summed E-state index contributed by atoms with van der Waals surface area (Å²) in [6.45, 7) is 3.98. The van der Waals surface area contributed by atoms with Gasteiger partial charge in [0.25, 0.3) is 0 Å². The summed E-state index contributed by atoms with van der Waals surface area (Å²) in [5.41, 5.74) is 3.14. The van der Waals surface area contributed by atoms with Crippen LogP contribution in [-0.2, 0) is 11.2 Å². The molecule has 4 heteroatoms. The highest BCUT2D eigenvalue weighted by Gasteiger charge is 2.56. The van der Waals surface area contributed by atoms with Gasteiger partial charge >= 0.3 is 0 Å². The molecular formula is C30H33BrO3. The number of halogens is 1. The van der Waals surface area contributed by atoms with Gasteiger partial charge in [-0.05, 0) is 115 Å². The van der Waals surface area contributed by atoms with Crippen LogP contribution in [-0.4, -0.2) is 23.6 Å². The number of benzene rings is 2. The van der Waals surface area contributed by atoms with Crippen LogP contribution >= 0.6 is 15.9 Å². The summed E-state index contributed by atoms with van der Waals surface area (Å²) in [4.78, 5) is 13.2. The molecule has 0 amide bonds. The summed E-state index contributed by atoms with van der Waals surface area (Å²) in [7, 11) is 1.73. The number of carbonyl (C=O) groups is 1. The van der Waals surface area contributed by atoms with Crippen LogP contribution in [0.1, 0.15) is 62.1 Å². The molecule has 1 saturated carbocycles. The predicted octanol–water partition coefficient (Wildman–Crippen LogP) is 6.88. The zero-order valence-corrected chi connectivity index (χ0v) is 21.8. The van der Waals surface area contributed by atoms with E-state index in [0.717, 1.165) is 53.5 Å². The second-order valence-electron chi connectivity index (χ2n) is 10.6. The first-order chi connectivity index (χ1) is 16.2. The summed E-state index contributed by atoms with van der Waals surface area (Å²) < 4.78 is 6.45. The molecule has 0 aliphatic heterocycles. The molecule has 5 atom stereocenters. The number of ether oxygens (including phenoxy) is 1. The van der Waals surface area contributed by atoms with E-state index in [1.54, 1.807) is 20.1 Å². The lowest BCUT2D eigenvalue weighted by molar-refractivity contribution is -0.129. The number of hydrogen-bond donors (Lipinski definition) is 1. The second kappa shape index (κ2) is 8.80. The standard InChI is InChI=1S/C30H33BrO3/c1-29-17-16-24-23-12-10-22(34-3)18-20(23)7-11-25(24)26(29)13-14-27(29)30(2,33)28(32)15-6-19-4-8-21(31)9-5-19/h4-6,8-10,12,14-15,18,24-26,33H,7,11,13,16-17H2,1-3H3/b15-6+/t24-,25-,26+,29+,30-/m1/s1. The van der Waals surface area contributed by atoms with Gasteiger partial charge in [0.15, 0.2) is 5.78 Å². The van der Waals surface area contributed by atoms with Gasteiger partial charge in [-0.25, -0.2) is 0 Å². The highest BCUT2D eigenvalue weighted by atomic mass is 79.9. The number of fused-ring (bicyclic) bond motifs is 5. The Kier molecular flexibility index (Phi) is 6.10. The van der Waals surface area contributed by atoms with E-state index in [2.05, 4.69) is 47.1 Å². The van der Waals surface area contributed by atoms with Crippen LogP contribution in [0.2, 0.25) is 0 Å². The van der Waals surface area contributed by atoms with E-state index in [0.29, 0.717) is 17.8 Å². The molecule has 3 aliphatic carbocycles. The van der Waals surface area contributed by atoms with Crippen LogP contribution in [0.15, 0.2) is 64.7 Å². The van der Waals surface area contributed by atoms with Crippen LogP contribution in [0, 0.1) is 17.3 Å². The van der Waals surface area contributed by atoms with E-state index in [1.165, 1.54) is 17.2 Å². The van der Waals surface area contributed by atoms with E-state index in [1.807, 2.05) is 24.3 Å². The number of carbonyl (C=O) groups excluding carboxylic acids is 1. The van der Waals surface area contributed by atoms with Crippen LogP contribution in [0.5, 0.6) is 5.75 Å². The first-order valence-electron chi connectivity index (χ1n) is 12.3. The Morgan fingerprint density at radius 1 is 1.21 bits per heavy atom. The number of rotatable bonds is 5. The van der Waals surface area contributed by atoms with Crippen LogP contribution in [0.4, 0.5) is 0 Å². The number of methoxy groups -OCH3 is 1. The largest absolute Gasteiger partial charge is 0.497 e. The summed E-state index contributed by atoms with van der Waals surface area (Å²) in [6, 6.07) is 14.4. The van der Waals surface area contributed by atoms with E-state index in [4.69, 9.17) is 4.74 Å². The fraction of sp³-hybridized carbons (Fsp3) is 0.433. The number of allylic oxidation sites excluding steroid dienone is 1. The van der Waals surface area contributed by atoms with Gasteiger partial charge in [-0.15, -0.1) is 0 Å². The molecule has 0 unspecified atom stereocenters. The minimum absolute atomic E-state index is 0.143. The van der Waals surface area contributed by atoms with Crippen molar-refractivity contribution < 1.29 is 14.6 Å². The Hall–Kier alpha value is -2.17. The zero-order valence-electron chi connectivity index (χ0n) is 20.2. The molecule has 2 aromatic carbocycles. The highest BCUT2D eigenvalue weighted by molar-refractivity contribution is 9.10. The predicted molar refractivity (Wildman–Crippen MR) is 140 cm³/mol.